The van der Waals surface area contributed by atoms with Crippen LogP contribution in [-0.4, -0.2) is 99.6 Å². The Hall–Kier alpha value is -3.94. The molecule has 0 aromatic rings. The van der Waals surface area contributed by atoms with Crippen LogP contribution in [0.25, 0.3) is 0 Å². The first-order valence-corrected chi connectivity index (χ1v) is 33.8. The maximum Gasteiger partial charge on any atom is 0.306 e. The van der Waals surface area contributed by atoms with Gasteiger partial charge in [0, 0.05) is 6.42 Å². The molecule has 0 saturated carbocycles. The summed E-state index contributed by atoms with van der Waals surface area (Å²) in [4.78, 5) is 26.6. The molecule has 0 bridgehead atoms. The van der Waals surface area contributed by atoms with E-state index >= 15 is 0 Å². The molecule has 8 atom stereocenters. The summed E-state index contributed by atoms with van der Waals surface area (Å²) in [6.45, 7) is 5.63. The zero-order chi connectivity index (χ0) is 61.0. The topological polar surface area (TPSA) is 175 Å². The Bertz CT molecular complexity index is 1830. The maximum atomic E-state index is 13.5. The van der Waals surface area contributed by atoms with Crippen molar-refractivity contribution in [1.82, 2.24) is 5.32 Å². The standard InChI is InChI=1S/C73H123NO10/c1-4-7-10-13-16-19-22-25-27-29-31-33-34-35-37-39-41-43-46-49-52-55-58-61-68(78)84-71-70(80)69(79)67(62-75)83-73(71)82-63-64(65(76)59-56-53-50-47-44-24-21-18-15-12-9-6-3)74-72(81)66(77)60-57-54-51-48-45-42-40-38-36-32-30-28-26-23-20-17-14-11-8-5-2/h7,10,16-17,19-20,25-28,31-33,35-37,41,43,56,59,64-67,69-71,73,75-77,79-80H,4-6,8-9,11-15,18,21-24,29-30,34,38-40,42,44-55,57-58,60-63H2,1-3H3,(H,74,81)/b10-7-,19-16-,20-17-,27-25-,28-26-,33-31-,36-32-,37-35-,43-41-,59-56+. The number of hydrogen-bond donors (Lipinski definition) is 6. The van der Waals surface area contributed by atoms with Gasteiger partial charge in [-0.2, -0.15) is 0 Å². The number of nitrogens with one attached hydrogen (secondary N) is 1. The molecule has 1 amide bonds. The van der Waals surface area contributed by atoms with Gasteiger partial charge < -0.3 is 45.1 Å². The lowest BCUT2D eigenvalue weighted by Gasteiger charge is -2.41. The summed E-state index contributed by atoms with van der Waals surface area (Å²) in [6.07, 6.45) is 72.2. The third-order valence-electron chi connectivity index (χ3n) is 15.1. The van der Waals surface area contributed by atoms with Crippen LogP contribution in [0.5, 0.6) is 0 Å². The first-order valence-electron chi connectivity index (χ1n) is 33.8. The maximum absolute atomic E-state index is 13.5. The predicted molar refractivity (Wildman–Crippen MR) is 351 cm³/mol. The minimum atomic E-state index is -1.63. The van der Waals surface area contributed by atoms with E-state index < -0.39 is 67.4 Å². The molecule has 84 heavy (non-hydrogen) atoms. The van der Waals surface area contributed by atoms with E-state index in [1.165, 1.54) is 83.5 Å². The van der Waals surface area contributed by atoms with E-state index in [2.05, 4.69) is 135 Å². The molecule has 11 nitrogen and oxygen atoms in total. The first-order chi connectivity index (χ1) is 41.2. The Morgan fingerprint density at radius 2 is 0.857 bits per heavy atom. The fraction of sp³-hybridized carbons (Fsp3) is 0.699. The van der Waals surface area contributed by atoms with Crippen LogP contribution < -0.4 is 5.32 Å². The molecule has 1 rings (SSSR count). The van der Waals surface area contributed by atoms with E-state index in [1.807, 2.05) is 6.08 Å². The van der Waals surface area contributed by atoms with Crippen molar-refractivity contribution in [2.75, 3.05) is 13.2 Å². The third-order valence-corrected chi connectivity index (χ3v) is 15.1. The van der Waals surface area contributed by atoms with Crippen molar-refractivity contribution >= 4 is 11.9 Å². The number of allylic oxidation sites excluding steroid dienone is 19. The van der Waals surface area contributed by atoms with Crippen LogP contribution in [0, 0.1) is 0 Å². The van der Waals surface area contributed by atoms with Crippen LogP contribution >= 0.6 is 0 Å². The minimum absolute atomic E-state index is 0.0861. The van der Waals surface area contributed by atoms with Crippen molar-refractivity contribution in [3.05, 3.63) is 122 Å². The van der Waals surface area contributed by atoms with Crippen LogP contribution in [0.1, 0.15) is 265 Å². The third kappa shape index (κ3) is 46.3. The van der Waals surface area contributed by atoms with Gasteiger partial charge in [0.15, 0.2) is 12.4 Å². The molecule has 480 valence electrons. The molecule has 0 radical (unpaired) electrons. The number of hydrogen-bond acceptors (Lipinski definition) is 10. The Balaban J connectivity index is 2.65. The Morgan fingerprint density at radius 1 is 0.476 bits per heavy atom. The monoisotopic (exact) mass is 1170 g/mol. The summed E-state index contributed by atoms with van der Waals surface area (Å²) in [6, 6.07) is -1.04. The lowest BCUT2D eigenvalue weighted by molar-refractivity contribution is -0.305. The number of aliphatic hydroxyl groups excluding tert-OH is 5. The molecule has 8 unspecified atom stereocenters. The summed E-state index contributed by atoms with van der Waals surface area (Å²) in [5, 5.41) is 57.1. The fourth-order valence-corrected chi connectivity index (χ4v) is 9.78. The molecule has 1 fully saturated rings. The molecule has 0 aromatic heterocycles. The molecule has 1 aliphatic heterocycles. The zero-order valence-corrected chi connectivity index (χ0v) is 53.2. The number of ether oxygens (including phenoxy) is 3. The van der Waals surface area contributed by atoms with Gasteiger partial charge in [-0.1, -0.05) is 264 Å². The Kier molecular flexibility index (Phi) is 55.2. The van der Waals surface area contributed by atoms with Gasteiger partial charge >= 0.3 is 5.97 Å². The smallest absolute Gasteiger partial charge is 0.306 e. The number of aliphatic hydroxyl groups is 5. The average molecular weight is 1170 g/mol. The van der Waals surface area contributed by atoms with Crippen molar-refractivity contribution in [3.63, 3.8) is 0 Å². The number of rotatable bonds is 56. The summed E-state index contributed by atoms with van der Waals surface area (Å²) < 4.78 is 17.6. The number of amides is 1. The highest BCUT2D eigenvalue weighted by Gasteiger charge is 2.47. The van der Waals surface area contributed by atoms with E-state index in [0.29, 0.717) is 12.8 Å². The van der Waals surface area contributed by atoms with Crippen LogP contribution in [0.2, 0.25) is 0 Å². The van der Waals surface area contributed by atoms with Gasteiger partial charge in [-0.05, 0) is 116 Å². The van der Waals surface area contributed by atoms with E-state index in [4.69, 9.17) is 14.2 Å². The van der Waals surface area contributed by atoms with Crippen LogP contribution in [-0.2, 0) is 23.8 Å². The molecule has 1 saturated heterocycles. The lowest BCUT2D eigenvalue weighted by Crippen LogP contribution is -2.61. The summed E-state index contributed by atoms with van der Waals surface area (Å²) >= 11 is 0. The predicted octanol–water partition coefficient (Wildman–Crippen LogP) is 17.0. The van der Waals surface area contributed by atoms with Gasteiger partial charge in [0.25, 0.3) is 0 Å². The van der Waals surface area contributed by atoms with Gasteiger partial charge in [0.05, 0.1) is 25.4 Å². The molecule has 0 aromatic carbocycles. The molecule has 0 spiro atoms. The molecule has 0 aliphatic carbocycles. The fourth-order valence-electron chi connectivity index (χ4n) is 9.78. The SMILES string of the molecule is CC/C=C\C/C=C\C/C=C\C/C=C\C/C=C\C/C=C\CCCCCCC(=O)OC1C(OCC(NC(=O)C(O)CCCCCCCCC/C=C\C/C=C\C/C=C\CCCCC)C(O)/C=C/CCCCCCCCCCCC)OC(CO)C(O)C1O. The Morgan fingerprint density at radius 3 is 1.31 bits per heavy atom. The van der Waals surface area contributed by atoms with Crippen molar-refractivity contribution in [1.29, 1.82) is 0 Å². The van der Waals surface area contributed by atoms with E-state index in [0.717, 1.165) is 135 Å². The van der Waals surface area contributed by atoms with Crippen molar-refractivity contribution in [2.24, 2.45) is 0 Å². The highest BCUT2D eigenvalue weighted by Crippen LogP contribution is 2.26. The average Bonchev–Trinajstić information content (AvgIpc) is 3.65. The van der Waals surface area contributed by atoms with Gasteiger partial charge in [0.1, 0.15) is 24.4 Å². The first kappa shape index (κ1) is 78.1. The second-order valence-corrected chi connectivity index (χ2v) is 22.8. The largest absolute Gasteiger partial charge is 0.454 e. The normalized spacial score (nSPS) is 19.3. The van der Waals surface area contributed by atoms with Gasteiger partial charge in [-0.3, -0.25) is 9.59 Å². The van der Waals surface area contributed by atoms with Crippen LogP contribution in [0.3, 0.4) is 0 Å². The van der Waals surface area contributed by atoms with Crippen molar-refractivity contribution in [3.8, 4) is 0 Å². The zero-order valence-electron chi connectivity index (χ0n) is 53.2. The van der Waals surface area contributed by atoms with Crippen LogP contribution in [0.4, 0.5) is 0 Å². The van der Waals surface area contributed by atoms with Gasteiger partial charge in [-0.25, -0.2) is 0 Å². The molecular formula is C73H123NO10. The van der Waals surface area contributed by atoms with E-state index in [9.17, 15) is 35.1 Å². The number of carbonyl (C=O) groups is 2. The quantitative estimate of drug-likeness (QED) is 0.0195. The number of carbonyl (C=O) groups excluding carboxylic acids is 2. The summed E-state index contributed by atoms with van der Waals surface area (Å²) in [5.41, 5.74) is 0. The molecule has 1 heterocycles. The summed E-state index contributed by atoms with van der Waals surface area (Å²) in [7, 11) is 0. The molecule has 6 N–H and O–H groups in total. The van der Waals surface area contributed by atoms with Crippen molar-refractivity contribution < 1.29 is 49.3 Å². The Labute approximate surface area is 512 Å². The van der Waals surface area contributed by atoms with Crippen molar-refractivity contribution in [2.45, 2.75) is 314 Å². The molecule has 11 heteroatoms. The van der Waals surface area contributed by atoms with Crippen LogP contribution in [0.15, 0.2) is 122 Å². The highest BCUT2D eigenvalue weighted by molar-refractivity contribution is 5.80. The lowest BCUT2D eigenvalue weighted by atomic mass is 9.99. The summed E-state index contributed by atoms with van der Waals surface area (Å²) in [5.74, 6) is -1.23. The second kappa shape index (κ2) is 59.4. The minimum Gasteiger partial charge on any atom is -0.454 e. The second-order valence-electron chi connectivity index (χ2n) is 22.8. The van der Waals surface area contributed by atoms with Gasteiger partial charge in [-0.15, -0.1) is 0 Å². The highest BCUT2D eigenvalue weighted by atomic mass is 16.7. The number of esters is 1. The van der Waals surface area contributed by atoms with E-state index in [-0.39, 0.29) is 19.4 Å². The van der Waals surface area contributed by atoms with E-state index in [1.54, 1.807) is 6.08 Å². The van der Waals surface area contributed by atoms with Gasteiger partial charge in [0.2, 0.25) is 5.91 Å². The molecular weight excluding hydrogens is 1050 g/mol. The molecule has 1 aliphatic rings. The number of unbranched alkanes of at least 4 members (excludes halogenated alkanes) is 24.